The molecule has 0 unspecified atom stereocenters. The minimum absolute atomic E-state index is 0.0181. The number of rotatable bonds is 5. The van der Waals surface area contributed by atoms with Crippen LogP contribution < -0.4 is 10.1 Å². The maximum absolute atomic E-state index is 13.0. The van der Waals surface area contributed by atoms with E-state index in [1.807, 2.05) is 19.1 Å². The Morgan fingerprint density at radius 1 is 1.04 bits per heavy atom. The number of nitrogens with one attached hydrogen (secondary N) is 1. The van der Waals surface area contributed by atoms with Gasteiger partial charge in [-0.05, 0) is 79.5 Å². The molecule has 3 rings (SSSR count). The lowest BCUT2D eigenvalue weighted by atomic mass is 9.74. The summed E-state index contributed by atoms with van der Waals surface area (Å²) in [6.07, 6.45) is 4.31. The van der Waals surface area contributed by atoms with E-state index >= 15 is 0 Å². The monoisotopic (exact) mass is 355 g/mol. The Labute approximate surface area is 154 Å². The highest BCUT2D eigenvalue weighted by atomic mass is 19.1. The van der Waals surface area contributed by atoms with E-state index in [-0.39, 0.29) is 17.6 Å². The van der Waals surface area contributed by atoms with E-state index in [9.17, 15) is 9.18 Å². The van der Waals surface area contributed by atoms with Crippen molar-refractivity contribution in [3.63, 3.8) is 0 Å². The van der Waals surface area contributed by atoms with Gasteiger partial charge in [-0.3, -0.25) is 4.79 Å². The van der Waals surface area contributed by atoms with Crippen molar-refractivity contribution in [3.05, 3.63) is 59.9 Å². The first kappa shape index (κ1) is 18.4. The van der Waals surface area contributed by atoms with Crippen molar-refractivity contribution >= 4 is 11.6 Å². The molecule has 1 amide bonds. The van der Waals surface area contributed by atoms with Crippen LogP contribution in [0, 0.1) is 17.7 Å². The average molecular weight is 355 g/mol. The smallest absolute Gasteiger partial charge is 0.227 e. The molecule has 0 saturated heterocycles. The lowest BCUT2D eigenvalue weighted by Gasteiger charge is -2.32. The van der Waals surface area contributed by atoms with Crippen LogP contribution in [0.1, 0.15) is 44.1 Å². The number of carbonyl (C=O) groups excluding carboxylic acids is 1. The minimum Gasteiger partial charge on any atom is -0.497 e. The maximum atomic E-state index is 13.0. The average Bonchev–Trinajstić information content (AvgIpc) is 2.69. The van der Waals surface area contributed by atoms with Crippen molar-refractivity contribution in [1.82, 2.24) is 0 Å². The fraction of sp³-hybridized carbons (Fsp3) is 0.409. The molecule has 4 heteroatoms. The normalized spacial score (nSPS) is 21.0. The summed E-state index contributed by atoms with van der Waals surface area (Å²) in [7, 11) is 1.68. The van der Waals surface area contributed by atoms with Crippen LogP contribution in [0.5, 0.6) is 5.75 Å². The number of amides is 1. The van der Waals surface area contributed by atoms with E-state index in [1.165, 1.54) is 17.7 Å². The quantitative estimate of drug-likeness (QED) is 0.782. The Balaban J connectivity index is 1.53. The lowest BCUT2D eigenvalue weighted by molar-refractivity contribution is -0.121. The van der Waals surface area contributed by atoms with Crippen LogP contribution in [0.2, 0.25) is 0 Å². The zero-order valence-electron chi connectivity index (χ0n) is 15.4. The van der Waals surface area contributed by atoms with Crippen LogP contribution in [0.15, 0.2) is 48.5 Å². The van der Waals surface area contributed by atoms with Crippen LogP contribution in [0.25, 0.3) is 0 Å². The van der Waals surface area contributed by atoms with Crippen molar-refractivity contribution in [2.45, 2.75) is 38.5 Å². The van der Waals surface area contributed by atoms with Crippen LogP contribution in [0.3, 0.4) is 0 Å². The largest absolute Gasteiger partial charge is 0.497 e. The molecule has 1 aliphatic carbocycles. The molecule has 3 nitrogen and oxygen atoms in total. The summed E-state index contributed by atoms with van der Waals surface area (Å²) in [6, 6.07) is 14.2. The number of ether oxygens (including phenoxy) is 1. The SMILES string of the molecule is COc1ccc(C2CCC([C@@H](C)C(=O)Nc3ccc(F)cc3)CC2)cc1. The molecular weight excluding hydrogens is 329 g/mol. The fourth-order valence-electron chi connectivity index (χ4n) is 3.83. The molecule has 1 fully saturated rings. The minimum atomic E-state index is -0.298. The highest BCUT2D eigenvalue weighted by Gasteiger charge is 2.29. The first-order chi connectivity index (χ1) is 12.6. The third kappa shape index (κ3) is 4.43. The third-order valence-electron chi connectivity index (χ3n) is 5.59. The molecule has 1 saturated carbocycles. The molecule has 26 heavy (non-hydrogen) atoms. The van der Waals surface area contributed by atoms with Crippen molar-refractivity contribution < 1.29 is 13.9 Å². The summed E-state index contributed by atoms with van der Waals surface area (Å²) in [4.78, 5) is 12.5. The Bertz CT molecular complexity index is 719. The Hall–Kier alpha value is -2.36. The molecule has 0 bridgehead atoms. The van der Waals surface area contributed by atoms with Gasteiger partial charge in [-0.25, -0.2) is 4.39 Å². The number of methoxy groups -OCH3 is 1. The van der Waals surface area contributed by atoms with Gasteiger partial charge >= 0.3 is 0 Å². The molecule has 138 valence electrons. The predicted molar refractivity (Wildman–Crippen MR) is 102 cm³/mol. The first-order valence-corrected chi connectivity index (χ1v) is 9.27. The summed E-state index contributed by atoms with van der Waals surface area (Å²) < 4.78 is 18.2. The second-order valence-electron chi connectivity index (χ2n) is 7.17. The van der Waals surface area contributed by atoms with Gasteiger partial charge in [0.2, 0.25) is 5.91 Å². The molecule has 2 aromatic rings. The topological polar surface area (TPSA) is 38.3 Å². The standard InChI is InChI=1S/C22H26FNO2/c1-15(22(25)24-20-11-9-19(23)10-12-20)16-3-5-17(6-4-16)18-7-13-21(26-2)14-8-18/h7-17H,3-6H2,1-2H3,(H,24,25)/t15-,16?,17?/m1/s1. The molecular formula is C22H26FNO2. The molecule has 0 spiro atoms. The number of hydrogen-bond donors (Lipinski definition) is 1. The van der Waals surface area contributed by atoms with Gasteiger partial charge in [0.1, 0.15) is 11.6 Å². The Morgan fingerprint density at radius 2 is 1.65 bits per heavy atom. The third-order valence-corrected chi connectivity index (χ3v) is 5.59. The van der Waals surface area contributed by atoms with Crippen LogP contribution in [-0.2, 0) is 4.79 Å². The number of halogens is 1. The molecule has 1 N–H and O–H groups in total. The number of carbonyl (C=O) groups is 1. The summed E-state index contributed by atoms with van der Waals surface area (Å²) in [5, 5.41) is 2.90. The van der Waals surface area contributed by atoms with Crippen molar-refractivity contribution in [3.8, 4) is 5.75 Å². The molecule has 2 aromatic carbocycles. The molecule has 1 atom stereocenters. The molecule has 0 heterocycles. The van der Waals surface area contributed by atoms with E-state index < -0.39 is 0 Å². The second kappa shape index (κ2) is 8.35. The van der Waals surface area contributed by atoms with Crippen molar-refractivity contribution in [2.75, 3.05) is 12.4 Å². The van der Waals surface area contributed by atoms with Crippen molar-refractivity contribution in [2.24, 2.45) is 11.8 Å². The number of anilines is 1. The van der Waals surface area contributed by atoms with Gasteiger partial charge in [-0.1, -0.05) is 19.1 Å². The summed E-state index contributed by atoms with van der Waals surface area (Å²) in [5.41, 5.74) is 2.00. The maximum Gasteiger partial charge on any atom is 0.227 e. The van der Waals surface area contributed by atoms with E-state index in [0.29, 0.717) is 17.5 Å². The summed E-state index contributed by atoms with van der Waals surface area (Å²) in [5.74, 6) is 1.51. The predicted octanol–water partition coefficient (Wildman–Crippen LogP) is 5.38. The highest BCUT2D eigenvalue weighted by molar-refractivity contribution is 5.92. The zero-order valence-corrected chi connectivity index (χ0v) is 15.4. The number of hydrogen-bond acceptors (Lipinski definition) is 2. The Kier molecular flexibility index (Phi) is 5.92. The van der Waals surface area contributed by atoms with E-state index in [0.717, 1.165) is 31.4 Å². The van der Waals surface area contributed by atoms with Gasteiger partial charge in [0.15, 0.2) is 0 Å². The van der Waals surface area contributed by atoms with E-state index in [4.69, 9.17) is 4.74 Å². The summed E-state index contributed by atoms with van der Waals surface area (Å²) >= 11 is 0. The zero-order chi connectivity index (χ0) is 18.5. The second-order valence-corrected chi connectivity index (χ2v) is 7.17. The van der Waals surface area contributed by atoms with Gasteiger partial charge in [-0.15, -0.1) is 0 Å². The molecule has 0 aliphatic heterocycles. The van der Waals surface area contributed by atoms with Crippen LogP contribution in [0.4, 0.5) is 10.1 Å². The van der Waals surface area contributed by atoms with Gasteiger partial charge in [0, 0.05) is 11.6 Å². The highest BCUT2D eigenvalue weighted by Crippen LogP contribution is 2.39. The first-order valence-electron chi connectivity index (χ1n) is 9.27. The lowest BCUT2D eigenvalue weighted by Crippen LogP contribution is -2.29. The summed E-state index contributed by atoms with van der Waals surface area (Å²) in [6.45, 7) is 2.00. The van der Waals surface area contributed by atoms with Crippen LogP contribution in [-0.4, -0.2) is 13.0 Å². The van der Waals surface area contributed by atoms with Gasteiger partial charge in [0.25, 0.3) is 0 Å². The van der Waals surface area contributed by atoms with Gasteiger partial charge in [0.05, 0.1) is 7.11 Å². The van der Waals surface area contributed by atoms with Crippen LogP contribution >= 0.6 is 0 Å². The Morgan fingerprint density at radius 3 is 2.23 bits per heavy atom. The van der Waals surface area contributed by atoms with E-state index in [1.54, 1.807) is 19.2 Å². The fourth-order valence-corrected chi connectivity index (χ4v) is 3.83. The molecule has 1 aliphatic rings. The molecule has 0 radical (unpaired) electrons. The van der Waals surface area contributed by atoms with Gasteiger partial charge in [-0.2, -0.15) is 0 Å². The van der Waals surface area contributed by atoms with E-state index in [2.05, 4.69) is 17.4 Å². The van der Waals surface area contributed by atoms with Gasteiger partial charge < -0.3 is 10.1 Å². The molecule has 0 aromatic heterocycles. The van der Waals surface area contributed by atoms with Crippen molar-refractivity contribution in [1.29, 1.82) is 0 Å². The number of benzene rings is 2.